The fourth-order valence-corrected chi connectivity index (χ4v) is 2.02. The molecule has 0 N–H and O–H groups in total. The van der Waals surface area contributed by atoms with Crippen molar-refractivity contribution in [1.82, 2.24) is 0 Å². The zero-order valence-electron chi connectivity index (χ0n) is 10.0. The quantitative estimate of drug-likeness (QED) is 0.424. The Morgan fingerprint density at radius 3 is 2.93 bits per heavy atom. The summed E-state index contributed by atoms with van der Waals surface area (Å²) in [6, 6.07) is 0. The predicted octanol–water partition coefficient (Wildman–Crippen LogP) is -0.390. The van der Waals surface area contributed by atoms with E-state index in [9.17, 15) is 0 Å². The Morgan fingerprint density at radius 2 is 2.27 bits per heavy atom. The van der Waals surface area contributed by atoms with Crippen LogP contribution in [0.4, 0.5) is 0 Å². The molecule has 1 heterocycles. The molecule has 0 aromatic rings. The van der Waals surface area contributed by atoms with Gasteiger partial charge in [0, 0.05) is 0 Å². The van der Waals surface area contributed by atoms with Crippen LogP contribution in [0.3, 0.4) is 0 Å². The van der Waals surface area contributed by atoms with Crippen molar-refractivity contribution in [1.29, 1.82) is 0 Å². The molecule has 1 aliphatic heterocycles. The van der Waals surface area contributed by atoms with Crippen LogP contribution in [0.5, 0.6) is 0 Å². The second kappa shape index (κ2) is 4.89. The largest absolute Gasteiger partial charge is 1.00 e. The summed E-state index contributed by atoms with van der Waals surface area (Å²) in [6.45, 7) is 6.06. The third-order valence-electron chi connectivity index (χ3n) is 2.53. The van der Waals surface area contributed by atoms with Crippen LogP contribution >= 0.6 is 0 Å². The maximum atomic E-state index is 5.79. The van der Waals surface area contributed by atoms with Crippen LogP contribution in [0.2, 0.25) is 0 Å². The van der Waals surface area contributed by atoms with Crippen molar-refractivity contribution in [3.63, 3.8) is 0 Å². The van der Waals surface area contributed by atoms with Gasteiger partial charge in [0.15, 0.2) is 5.79 Å². The summed E-state index contributed by atoms with van der Waals surface area (Å²) < 4.78 is 11.5. The topological polar surface area (TPSA) is 18.5 Å². The van der Waals surface area contributed by atoms with Gasteiger partial charge in [-0.2, -0.15) is 0 Å². The summed E-state index contributed by atoms with van der Waals surface area (Å²) in [5, 5.41) is 0. The molecular formula is C12H17LiO2. The minimum absolute atomic E-state index is 0. The average molecular weight is 200 g/mol. The number of ether oxygens (including phenoxy) is 2. The number of hydrogen-bond donors (Lipinski definition) is 0. The second-order valence-electron chi connectivity index (χ2n) is 4.29. The second-order valence-corrected chi connectivity index (χ2v) is 4.29. The molecule has 0 bridgehead atoms. The smallest absolute Gasteiger partial charge is 0.344 e. The Morgan fingerprint density at radius 1 is 1.53 bits per heavy atom. The van der Waals surface area contributed by atoms with Crippen LogP contribution in [0, 0.1) is 6.08 Å². The molecule has 0 aromatic heterocycles. The van der Waals surface area contributed by atoms with E-state index in [2.05, 4.69) is 19.1 Å². The van der Waals surface area contributed by atoms with Gasteiger partial charge in [-0.1, -0.05) is 6.92 Å². The summed E-state index contributed by atoms with van der Waals surface area (Å²) in [7, 11) is 0. The molecule has 0 saturated carbocycles. The molecule has 3 heteroatoms. The molecule has 0 spiro atoms. The normalized spacial score (nSPS) is 35.0. The molecule has 0 radical (unpaired) electrons. The third-order valence-corrected chi connectivity index (χ3v) is 2.53. The first-order valence-corrected chi connectivity index (χ1v) is 5.25. The fraction of sp³-hybridized carbons (Fsp3) is 0.667. The zero-order chi connectivity index (χ0) is 10.2. The molecule has 15 heavy (non-hydrogen) atoms. The average Bonchev–Trinajstić information content (AvgIpc) is 2.38. The molecule has 2 atom stereocenters. The van der Waals surface area contributed by atoms with Gasteiger partial charge in [0.05, 0.1) is 12.2 Å². The fourth-order valence-electron chi connectivity index (χ4n) is 2.02. The van der Waals surface area contributed by atoms with Crippen LogP contribution in [-0.2, 0) is 9.47 Å². The van der Waals surface area contributed by atoms with Gasteiger partial charge in [-0.05, 0) is 20.3 Å². The first-order valence-electron chi connectivity index (χ1n) is 5.25. The number of fused-ring (bicyclic) bond motifs is 1. The molecule has 1 aliphatic carbocycles. The van der Waals surface area contributed by atoms with Crippen molar-refractivity contribution in [2.24, 2.45) is 0 Å². The summed E-state index contributed by atoms with van der Waals surface area (Å²) in [5.41, 5.74) is 1.25. The van der Waals surface area contributed by atoms with E-state index >= 15 is 0 Å². The Kier molecular flexibility index (Phi) is 4.26. The first-order chi connectivity index (χ1) is 6.61. The zero-order valence-corrected chi connectivity index (χ0v) is 10.0. The molecule has 1 saturated heterocycles. The van der Waals surface area contributed by atoms with Crippen molar-refractivity contribution >= 4 is 0 Å². The molecule has 1 fully saturated rings. The SMILES string of the molecule is CC/C=C1/[C-]=C[C@@H]2OC(C)(C)O[C@@H]2C1.[Li+]. The van der Waals surface area contributed by atoms with Crippen molar-refractivity contribution in [3.05, 3.63) is 23.8 Å². The number of rotatable bonds is 1. The van der Waals surface area contributed by atoms with E-state index in [0.717, 1.165) is 12.8 Å². The number of hydrogen-bond acceptors (Lipinski definition) is 2. The van der Waals surface area contributed by atoms with Gasteiger partial charge >= 0.3 is 18.9 Å². The molecule has 0 aromatic carbocycles. The van der Waals surface area contributed by atoms with Gasteiger partial charge < -0.3 is 9.47 Å². The molecule has 78 valence electrons. The van der Waals surface area contributed by atoms with E-state index in [1.54, 1.807) is 0 Å². The Balaban J connectivity index is 0.00000112. The summed E-state index contributed by atoms with van der Waals surface area (Å²) in [4.78, 5) is 0. The molecule has 2 aliphatic rings. The van der Waals surface area contributed by atoms with E-state index in [4.69, 9.17) is 9.47 Å². The van der Waals surface area contributed by atoms with Crippen LogP contribution in [0.15, 0.2) is 17.7 Å². The van der Waals surface area contributed by atoms with E-state index in [1.165, 1.54) is 5.57 Å². The van der Waals surface area contributed by atoms with Crippen molar-refractivity contribution in [3.8, 4) is 0 Å². The van der Waals surface area contributed by atoms with Crippen LogP contribution < -0.4 is 18.9 Å². The molecule has 2 rings (SSSR count). The van der Waals surface area contributed by atoms with E-state index in [-0.39, 0.29) is 31.1 Å². The van der Waals surface area contributed by atoms with E-state index < -0.39 is 5.79 Å². The standard InChI is InChI=1S/C12H17O2.Li/c1-4-5-9-6-7-10-11(8-9)14-12(2,3)13-10;/h5,7,10-11H,4,8H2,1-3H3;/q-1;+1/b9-5-;/t10-,11+;/m0./s1. The molecule has 0 amide bonds. The van der Waals surface area contributed by atoms with Gasteiger partial charge in [-0.25, -0.2) is 17.7 Å². The summed E-state index contributed by atoms with van der Waals surface area (Å²) >= 11 is 0. The summed E-state index contributed by atoms with van der Waals surface area (Å²) in [6.07, 6.45) is 9.71. The summed E-state index contributed by atoms with van der Waals surface area (Å²) in [5.74, 6) is -0.435. The Hall–Kier alpha value is -0.00260. The van der Waals surface area contributed by atoms with Gasteiger partial charge in [0.25, 0.3) is 0 Å². The first kappa shape index (κ1) is 13.1. The molecule has 2 nitrogen and oxygen atoms in total. The van der Waals surface area contributed by atoms with Crippen LogP contribution in [-0.4, -0.2) is 18.0 Å². The Labute approximate surface area is 104 Å². The maximum absolute atomic E-state index is 5.79. The van der Waals surface area contributed by atoms with Crippen molar-refractivity contribution < 1.29 is 28.3 Å². The minimum atomic E-state index is -0.435. The van der Waals surface area contributed by atoms with Crippen LogP contribution in [0.1, 0.15) is 33.6 Å². The number of allylic oxidation sites excluding steroid dienone is 2. The molecular weight excluding hydrogens is 183 g/mol. The van der Waals surface area contributed by atoms with E-state index in [1.807, 2.05) is 19.9 Å². The van der Waals surface area contributed by atoms with E-state index in [0.29, 0.717) is 0 Å². The van der Waals surface area contributed by atoms with Gasteiger partial charge in [0.1, 0.15) is 0 Å². The van der Waals surface area contributed by atoms with Gasteiger partial charge in [0.2, 0.25) is 0 Å². The monoisotopic (exact) mass is 200 g/mol. The molecule has 0 unspecified atom stereocenters. The Bertz CT molecular complexity index is 281. The van der Waals surface area contributed by atoms with Crippen molar-refractivity contribution in [2.45, 2.75) is 51.6 Å². The predicted molar refractivity (Wildman–Crippen MR) is 54.6 cm³/mol. The maximum Gasteiger partial charge on any atom is 1.00 e. The minimum Gasteiger partial charge on any atom is -0.344 e. The van der Waals surface area contributed by atoms with Crippen LogP contribution in [0.25, 0.3) is 0 Å². The third kappa shape index (κ3) is 2.98. The van der Waals surface area contributed by atoms with Crippen molar-refractivity contribution in [2.75, 3.05) is 0 Å². The van der Waals surface area contributed by atoms with Gasteiger partial charge in [-0.15, -0.1) is 12.5 Å². The van der Waals surface area contributed by atoms with Gasteiger partial charge in [-0.3, -0.25) is 0 Å².